The molecule has 0 fully saturated rings. The first-order valence-corrected chi connectivity index (χ1v) is 10.3. The number of nitrogens with zero attached hydrogens (tertiary/aromatic N) is 1. The SMILES string of the molecule is CCCCOC(=O)N[C@@H](CNC(=O)CC1CC(c2ccc(C(=N)N)cc2)=NO1)C(=O)OC. The maximum absolute atomic E-state index is 12.3. The Morgan fingerprint density at radius 1 is 1.31 bits per heavy atom. The normalized spacial score (nSPS) is 15.7. The molecule has 0 spiro atoms. The molecule has 5 N–H and O–H groups in total. The molecular weight excluding hydrogens is 418 g/mol. The molecule has 1 unspecified atom stereocenters. The fourth-order valence-corrected chi connectivity index (χ4v) is 2.87. The van der Waals surface area contributed by atoms with Crippen LogP contribution in [-0.2, 0) is 23.9 Å². The first kappa shape index (κ1) is 24.6. The Hall–Kier alpha value is -3.63. The van der Waals surface area contributed by atoms with Crippen molar-refractivity contribution in [2.75, 3.05) is 20.3 Å². The highest BCUT2D eigenvalue weighted by Gasteiger charge is 2.27. The van der Waals surface area contributed by atoms with E-state index in [1.54, 1.807) is 24.3 Å². The number of nitrogen functional groups attached to an aromatic ring is 1. The molecule has 1 aromatic rings. The molecule has 0 saturated heterocycles. The molecule has 2 atom stereocenters. The van der Waals surface area contributed by atoms with Crippen LogP contribution in [0.15, 0.2) is 29.4 Å². The van der Waals surface area contributed by atoms with Gasteiger partial charge in [-0.05, 0) is 12.0 Å². The smallest absolute Gasteiger partial charge is 0.407 e. The van der Waals surface area contributed by atoms with Crippen molar-refractivity contribution >= 4 is 29.5 Å². The second-order valence-electron chi connectivity index (χ2n) is 7.18. The lowest BCUT2D eigenvalue weighted by Gasteiger charge is -2.17. The lowest BCUT2D eigenvalue weighted by atomic mass is 10.0. The molecular formula is C21H29N5O6. The molecule has 0 bridgehead atoms. The summed E-state index contributed by atoms with van der Waals surface area (Å²) < 4.78 is 9.64. The zero-order valence-electron chi connectivity index (χ0n) is 18.2. The Kier molecular flexibility index (Phi) is 9.45. The number of esters is 1. The molecule has 2 amide bonds. The highest BCUT2D eigenvalue weighted by atomic mass is 16.6. The Morgan fingerprint density at radius 2 is 2.03 bits per heavy atom. The van der Waals surface area contributed by atoms with Crippen LogP contribution < -0.4 is 16.4 Å². The summed E-state index contributed by atoms with van der Waals surface area (Å²) in [7, 11) is 1.19. The third kappa shape index (κ3) is 7.56. The maximum Gasteiger partial charge on any atom is 0.407 e. The number of methoxy groups -OCH3 is 1. The summed E-state index contributed by atoms with van der Waals surface area (Å²) in [4.78, 5) is 41.3. The quantitative estimate of drug-likeness (QED) is 0.170. The lowest BCUT2D eigenvalue weighted by molar-refractivity contribution is -0.143. The minimum atomic E-state index is -1.07. The van der Waals surface area contributed by atoms with E-state index in [0.29, 0.717) is 24.1 Å². The largest absolute Gasteiger partial charge is 0.467 e. The van der Waals surface area contributed by atoms with Gasteiger partial charge in [0.15, 0.2) is 0 Å². The number of carbonyl (C=O) groups is 3. The predicted molar refractivity (Wildman–Crippen MR) is 116 cm³/mol. The molecule has 1 aromatic carbocycles. The molecule has 2 rings (SSSR count). The highest BCUT2D eigenvalue weighted by molar-refractivity contribution is 6.02. The van der Waals surface area contributed by atoms with E-state index in [2.05, 4.69) is 20.5 Å². The van der Waals surface area contributed by atoms with Gasteiger partial charge >= 0.3 is 12.1 Å². The van der Waals surface area contributed by atoms with Crippen LogP contribution in [0.4, 0.5) is 4.79 Å². The molecule has 1 aliphatic heterocycles. The van der Waals surface area contributed by atoms with Crippen molar-refractivity contribution in [2.24, 2.45) is 10.9 Å². The third-order valence-corrected chi connectivity index (χ3v) is 4.69. The van der Waals surface area contributed by atoms with E-state index in [-0.39, 0.29) is 31.3 Å². The number of oxime groups is 1. The molecule has 1 heterocycles. The van der Waals surface area contributed by atoms with E-state index in [1.807, 2.05) is 6.92 Å². The standard InChI is InChI=1S/C21H29N5O6/c1-3-4-9-31-21(29)25-17(20(28)30-2)12-24-18(27)11-15-10-16(26-32-15)13-5-7-14(8-6-13)19(22)23/h5-8,15,17H,3-4,9-12H2,1-2H3,(H3,22,23)(H,24,27)(H,25,29)/t15?,17-/m0/s1. The highest BCUT2D eigenvalue weighted by Crippen LogP contribution is 2.19. The van der Waals surface area contributed by atoms with E-state index in [9.17, 15) is 14.4 Å². The van der Waals surface area contributed by atoms with Crippen LogP contribution in [0.3, 0.4) is 0 Å². The minimum Gasteiger partial charge on any atom is -0.467 e. The Labute approximate surface area is 186 Å². The molecule has 32 heavy (non-hydrogen) atoms. The molecule has 0 aromatic heterocycles. The molecule has 0 saturated carbocycles. The van der Waals surface area contributed by atoms with Crippen LogP contribution in [0, 0.1) is 5.41 Å². The predicted octanol–water partition coefficient (Wildman–Crippen LogP) is 1.04. The molecule has 0 radical (unpaired) electrons. The minimum absolute atomic E-state index is 0.0212. The summed E-state index contributed by atoms with van der Waals surface area (Å²) in [6.07, 6.45) is 0.807. The summed E-state index contributed by atoms with van der Waals surface area (Å²) in [5, 5.41) is 16.4. The molecule has 11 heteroatoms. The van der Waals surface area contributed by atoms with Crippen molar-refractivity contribution in [1.82, 2.24) is 10.6 Å². The van der Waals surface area contributed by atoms with Crippen LogP contribution in [-0.4, -0.2) is 61.9 Å². The summed E-state index contributed by atoms with van der Waals surface area (Å²) >= 11 is 0. The molecule has 174 valence electrons. The van der Waals surface area contributed by atoms with Crippen molar-refractivity contribution in [2.45, 2.75) is 44.8 Å². The zero-order chi connectivity index (χ0) is 23.5. The van der Waals surface area contributed by atoms with Gasteiger partial charge in [0.1, 0.15) is 18.0 Å². The monoisotopic (exact) mass is 447 g/mol. The number of alkyl carbamates (subject to hydrolysis) is 1. The van der Waals surface area contributed by atoms with Gasteiger partial charge in [0, 0.05) is 18.5 Å². The van der Waals surface area contributed by atoms with Crippen molar-refractivity contribution in [1.29, 1.82) is 5.41 Å². The number of rotatable bonds is 11. The third-order valence-electron chi connectivity index (χ3n) is 4.69. The van der Waals surface area contributed by atoms with Crippen LogP contribution >= 0.6 is 0 Å². The van der Waals surface area contributed by atoms with Crippen LogP contribution in [0.2, 0.25) is 0 Å². The number of nitrogens with two attached hydrogens (primary N) is 1. The maximum atomic E-state index is 12.3. The molecule has 0 aliphatic carbocycles. The summed E-state index contributed by atoms with van der Waals surface area (Å²) in [5.74, 6) is -1.09. The van der Waals surface area contributed by atoms with E-state index >= 15 is 0 Å². The Morgan fingerprint density at radius 3 is 2.66 bits per heavy atom. The Balaban J connectivity index is 1.80. The van der Waals surface area contributed by atoms with Gasteiger partial charge in [-0.25, -0.2) is 9.59 Å². The van der Waals surface area contributed by atoms with Crippen LogP contribution in [0.25, 0.3) is 0 Å². The van der Waals surface area contributed by atoms with Crippen molar-refractivity contribution in [3.8, 4) is 0 Å². The number of amides is 2. The average molecular weight is 447 g/mol. The Bertz CT molecular complexity index is 855. The van der Waals surface area contributed by atoms with Gasteiger partial charge < -0.3 is 30.7 Å². The fraction of sp³-hybridized carbons (Fsp3) is 0.476. The zero-order valence-corrected chi connectivity index (χ0v) is 18.2. The van der Waals surface area contributed by atoms with Gasteiger partial charge in [0.2, 0.25) is 5.91 Å². The van der Waals surface area contributed by atoms with E-state index in [1.165, 1.54) is 7.11 Å². The second kappa shape index (κ2) is 12.3. The van der Waals surface area contributed by atoms with Crippen molar-refractivity contribution < 1.29 is 28.7 Å². The number of hydrogen-bond donors (Lipinski definition) is 4. The van der Waals surface area contributed by atoms with Gasteiger partial charge in [0.05, 0.1) is 25.8 Å². The first-order valence-electron chi connectivity index (χ1n) is 10.3. The topological polar surface area (TPSA) is 165 Å². The van der Waals surface area contributed by atoms with Gasteiger partial charge in [-0.15, -0.1) is 0 Å². The van der Waals surface area contributed by atoms with Crippen molar-refractivity contribution in [3.05, 3.63) is 35.4 Å². The fourth-order valence-electron chi connectivity index (χ4n) is 2.87. The summed E-state index contributed by atoms with van der Waals surface area (Å²) in [5.41, 5.74) is 7.55. The average Bonchev–Trinajstić information content (AvgIpc) is 3.24. The number of nitrogens with one attached hydrogen (secondary N) is 3. The number of carbonyl (C=O) groups excluding carboxylic acids is 3. The summed E-state index contributed by atoms with van der Waals surface area (Å²) in [6, 6.07) is 5.93. The number of benzene rings is 1. The van der Waals surface area contributed by atoms with Crippen molar-refractivity contribution in [3.63, 3.8) is 0 Å². The number of amidine groups is 1. The van der Waals surface area contributed by atoms with E-state index in [4.69, 9.17) is 20.7 Å². The van der Waals surface area contributed by atoms with Crippen LogP contribution in [0.1, 0.15) is 43.7 Å². The van der Waals surface area contributed by atoms with E-state index < -0.39 is 24.2 Å². The van der Waals surface area contributed by atoms with Gasteiger partial charge in [0.25, 0.3) is 0 Å². The van der Waals surface area contributed by atoms with Gasteiger partial charge in [-0.1, -0.05) is 42.8 Å². The molecule has 11 nitrogen and oxygen atoms in total. The van der Waals surface area contributed by atoms with E-state index in [0.717, 1.165) is 12.0 Å². The van der Waals surface area contributed by atoms with Crippen LogP contribution in [0.5, 0.6) is 0 Å². The number of hydrogen-bond acceptors (Lipinski definition) is 8. The van der Waals surface area contributed by atoms with Gasteiger partial charge in [-0.2, -0.15) is 0 Å². The first-order chi connectivity index (χ1) is 15.3. The van der Waals surface area contributed by atoms with Gasteiger partial charge in [-0.3, -0.25) is 10.2 Å². The second-order valence-corrected chi connectivity index (χ2v) is 7.18. The molecule has 1 aliphatic rings. The lowest BCUT2D eigenvalue weighted by Crippen LogP contribution is -2.49. The number of unbranched alkanes of at least 4 members (excludes halogenated alkanes) is 1. The number of ether oxygens (including phenoxy) is 2. The summed E-state index contributed by atoms with van der Waals surface area (Å²) in [6.45, 7) is 2.04.